The molecule has 0 amide bonds. The lowest BCUT2D eigenvalue weighted by atomic mass is 9.49. The van der Waals surface area contributed by atoms with Crippen molar-refractivity contribution in [1.82, 2.24) is 0 Å². The first-order valence-corrected chi connectivity index (χ1v) is 54.2. The Morgan fingerprint density at radius 1 is 0.309 bits per heavy atom. The minimum atomic E-state index is -0.831. The van der Waals surface area contributed by atoms with E-state index in [4.69, 9.17) is 89.5 Å². The molecule has 0 radical (unpaired) electrons. The van der Waals surface area contributed by atoms with E-state index in [1.807, 2.05) is 346 Å². The summed E-state index contributed by atoms with van der Waals surface area (Å²) in [5.41, 5.74) is 7.07. The number of aromatic hydroxyl groups is 1. The molecule has 10 aromatic rings. The van der Waals surface area contributed by atoms with Crippen LogP contribution in [0.25, 0.3) is 36.4 Å². The first kappa shape index (κ1) is 155. The van der Waals surface area contributed by atoms with Crippen LogP contribution in [0.5, 0.6) is 51.7 Å². The van der Waals surface area contributed by atoms with Gasteiger partial charge in [-0.15, -0.1) is 0 Å². The fourth-order valence-corrected chi connectivity index (χ4v) is 12.0. The molecule has 0 atom stereocenters. The molecule has 4 aliphatic heterocycles. The van der Waals surface area contributed by atoms with Crippen LogP contribution < -0.4 is 29.9 Å². The first-order chi connectivity index (χ1) is 70.9. The maximum absolute atomic E-state index is 11.6. The summed E-state index contributed by atoms with van der Waals surface area (Å²) in [5.74, 6) is 5.40. The van der Waals surface area contributed by atoms with E-state index in [0.717, 1.165) is 53.9 Å². The van der Waals surface area contributed by atoms with Gasteiger partial charge in [-0.05, 0) is 245 Å². The van der Waals surface area contributed by atoms with Gasteiger partial charge in [0.25, 0.3) is 0 Å². The van der Waals surface area contributed by atoms with Gasteiger partial charge in [-0.3, -0.25) is 9.59 Å². The molecule has 4 heterocycles. The van der Waals surface area contributed by atoms with Crippen molar-refractivity contribution in [2.24, 2.45) is 0 Å². The van der Waals surface area contributed by atoms with Crippen molar-refractivity contribution < 1.29 is 71.2 Å². The quantitative estimate of drug-likeness (QED) is 0.0592. The van der Waals surface area contributed by atoms with E-state index in [0.29, 0.717) is 91.9 Å². The van der Waals surface area contributed by atoms with Crippen LogP contribution in [-0.2, 0) is 39.2 Å². The Morgan fingerprint density at radius 2 is 0.530 bits per heavy atom. The lowest BCUT2D eigenvalue weighted by Gasteiger charge is -2.32. The third-order valence-electron chi connectivity index (χ3n) is 19.7. The summed E-state index contributed by atoms with van der Waals surface area (Å²) < 4.78 is 66.5. The minimum absolute atomic E-state index is 0. The van der Waals surface area contributed by atoms with Gasteiger partial charge in [0.1, 0.15) is 58.0 Å². The van der Waals surface area contributed by atoms with Crippen LogP contribution in [0.2, 0.25) is 0 Å². The topological polar surface area (TPSA) is 198 Å². The molecule has 27 heteroatoms. The number of carbonyl (C=O) groups is 2. The van der Waals surface area contributed by atoms with Crippen LogP contribution in [0, 0.1) is 39.8 Å². The number of hydrogen-bond acceptors (Lipinski definition) is 15. The largest absolute Gasteiger partial charge is 0.508 e. The number of carbonyl (C=O) groups excluding carboxylic acids is 2. The van der Waals surface area contributed by atoms with Crippen molar-refractivity contribution in [2.45, 2.75) is 345 Å². The second-order valence-electron chi connectivity index (χ2n) is 29.6. The number of rotatable bonds is 14. The van der Waals surface area contributed by atoms with Crippen LogP contribution in [0.15, 0.2) is 239 Å². The molecule has 2 N–H and O–H groups in total. The molecular formula is C122H180B4Br3N5O15. The number of aldehydes is 2. The average Bonchev–Trinajstić information content (AvgIpc) is 1.59. The Hall–Kier alpha value is -11.2. The van der Waals surface area contributed by atoms with Crippen molar-refractivity contribution in [1.29, 1.82) is 0 Å². The van der Waals surface area contributed by atoms with Crippen LogP contribution in [0.4, 0.5) is 28.4 Å². The molecule has 0 saturated carbocycles. The van der Waals surface area contributed by atoms with E-state index in [9.17, 15) is 14.6 Å². The highest BCUT2D eigenvalue weighted by molar-refractivity contribution is 9.11. The van der Waals surface area contributed by atoms with E-state index in [-0.39, 0.29) is 35.6 Å². The molecule has 149 heavy (non-hydrogen) atoms. The average molecular weight is 2240 g/mol. The Kier molecular flexibility index (Phi) is 93.6. The molecule has 0 bridgehead atoms. The Balaban J connectivity index is -0.000000213. The molecule has 0 aliphatic carbocycles. The number of halogens is 3. The Morgan fingerprint density at radius 3 is 0.799 bits per heavy atom. The van der Waals surface area contributed by atoms with Crippen LogP contribution in [-0.4, -0.2) is 84.6 Å². The highest BCUT2D eigenvalue weighted by atomic mass is 79.9. The summed E-state index contributed by atoms with van der Waals surface area (Å²) in [7, 11) is -2.39. The Bertz CT molecular complexity index is 5230. The van der Waals surface area contributed by atoms with E-state index in [1.54, 1.807) is 176 Å². The molecule has 3 fully saturated rings. The zero-order valence-electron chi connectivity index (χ0n) is 97.5. The van der Waals surface area contributed by atoms with E-state index in [1.165, 1.54) is 5.56 Å². The van der Waals surface area contributed by atoms with Gasteiger partial charge in [0.2, 0.25) is 0 Å². The first-order valence-electron chi connectivity index (χ1n) is 51.8. The van der Waals surface area contributed by atoms with Gasteiger partial charge in [0, 0.05) is 24.5 Å². The van der Waals surface area contributed by atoms with Crippen molar-refractivity contribution in [3.05, 3.63) is 329 Å². The number of benzene rings is 10. The lowest BCUT2D eigenvalue weighted by Crippen LogP contribution is -2.41. The van der Waals surface area contributed by atoms with E-state index < -0.39 is 39.5 Å². The molecule has 0 aromatic heterocycles. The fourth-order valence-electron chi connectivity index (χ4n) is 10.8. The molecule has 3 saturated heterocycles. The summed E-state index contributed by atoms with van der Waals surface area (Å²) in [6.45, 7) is 128. The van der Waals surface area contributed by atoms with E-state index in [2.05, 4.69) is 85.2 Å². The molecule has 20 nitrogen and oxygen atoms in total. The van der Waals surface area contributed by atoms with Crippen molar-refractivity contribution in [2.75, 3.05) is 0 Å². The summed E-state index contributed by atoms with van der Waals surface area (Å²) in [5, 5.41) is 18.5. The maximum Gasteiger partial charge on any atom is 0.495 e. The number of ether oxygens (including phenoxy) is 4. The number of hydrogen-bond donors (Lipinski definition) is 2. The third kappa shape index (κ3) is 55.4. The summed E-state index contributed by atoms with van der Waals surface area (Å²) >= 11 is 10.0. The van der Waals surface area contributed by atoms with Crippen LogP contribution >= 0.6 is 47.8 Å². The lowest BCUT2D eigenvalue weighted by molar-refractivity contribution is 0.00578. The standard InChI is InChI=1S/C20H20BNO4.C15H10BrNO.C14H10BNO3.C14H8BrNO2.C12H24B2O4.C8H7BrO.C8H7N.15C2H6.CH4/c1-19(2)20(3,4)26-21(25-19)18-11-10-17(12-14(18)13-23)24-16-8-6-15(22-5)7-9-16;1-3-11-10-14(8-9-15(11)16)18-13-6-4-12(17-2)5-7-13;1-16-11-2-4-12(5-3-11)19-13-6-7-14-10(8-13)9-18-15(14)17;1-16-11-2-4-12(5-3-11)18-13-6-7-14(15)10(8-13)9-17;1-9(2)10(3,4)16-13(15-9)14-17-11(5,6)12(7,8)18-14;1-2-6-5-7(10)3-4-8(6)9;1-7-3-5-8(9-2)6-4-7;15*1-2;/h6-13H,1-4H3;3-10H,1H2;2-8,17H,9H2;2-9H;1-8H3;2-5,10H,1H2;3-6H,1H3;15*1-2H3;1H4. The molecule has 0 unspecified atom stereocenters. The second-order valence-corrected chi connectivity index (χ2v) is 32.2. The predicted molar refractivity (Wildman–Crippen MR) is 654 cm³/mol. The zero-order chi connectivity index (χ0) is 116. The number of aryl methyl sites for hydroxylation is 1. The highest BCUT2D eigenvalue weighted by Gasteiger charge is 2.64. The normalized spacial score (nSPS) is 12.6. The SMILES string of the molecule is C.C=Cc1cc(O)ccc1Br.CC.CC.CC.CC.CC.CC.CC.CC.CC.CC.CC.CC.CC.CC.CC.CC1(C)OB(B2OC(C)(C)C(C)(C)O2)OC1(C)C.[C-]#[N+]c1ccc(C)cc1.[C-]#[N+]c1ccc(Oc2ccc(B3OC(C)(C)C(C)(C)O3)c(C=O)c2)cc1.[C-]#[N+]c1ccc(Oc2ccc(Br)c(C=C)c2)cc1.[C-]#[N+]c1ccc(Oc2ccc(Br)c(C=O)c2)cc1.[C-]#[N+]c1ccc(Oc2ccc3c(c2)COB3O)cc1. The fraction of sp³-hybridized carbons (Fsp3) is 0.418. The highest BCUT2D eigenvalue weighted by Crippen LogP contribution is 2.44. The van der Waals surface area contributed by atoms with Crippen molar-refractivity contribution >= 4 is 140 Å². The van der Waals surface area contributed by atoms with Gasteiger partial charge in [-0.25, -0.2) is 24.2 Å². The van der Waals surface area contributed by atoms with Crippen molar-refractivity contribution in [3.8, 4) is 51.7 Å². The van der Waals surface area contributed by atoms with Gasteiger partial charge < -0.3 is 61.7 Å². The Labute approximate surface area is 931 Å². The van der Waals surface area contributed by atoms with Gasteiger partial charge in [-0.1, -0.05) is 379 Å². The minimum Gasteiger partial charge on any atom is -0.508 e. The molecule has 4 aliphatic rings. The summed E-state index contributed by atoms with van der Waals surface area (Å²) in [6.07, 6.45) is 4.98. The summed E-state index contributed by atoms with van der Waals surface area (Å²) in [6, 6.07) is 61.7. The second kappa shape index (κ2) is 89.6. The van der Waals surface area contributed by atoms with Gasteiger partial charge in [0.05, 0.1) is 73.1 Å². The van der Waals surface area contributed by atoms with Crippen LogP contribution in [0.3, 0.4) is 0 Å². The van der Waals surface area contributed by atoms with E-state index >= 15 is 0 Å². The molecule has 10 aromatic carbocycles. The molecule has 14 rings (SSSR count). The molecule has 816 valence electrons. The zero-order valence-corrected chi connectivity index (χ0v) is 102. The van der Waals surface area contributed by atoms with Crippen molar-refractivity contribution in [3.63, 3.8) is 0 Å². The molecular weight excluding hydrogens is 2060 g/mol. The van der Waals surface area contributed by atoms with Gasteiger partial charge in [-0.2, -0.15) is 0 Å². The summed E-state index contributed by atoms with van der Waals surface area (Å²) in [4.78, 5) is 39.0. The number of phenols is 1. The smallest absolute Gasteiger partial charge is 0.495 e. The van der Waals surface area contributed by atoms with Gasteiger partial charge >= 0.3 is 28.3 Å². The molecule has 0 spiro atoms. The number of nitrogens with zero attached hydrogens (tertiary/aromatic N) is 5. The van der Waals surface area contributed by atoms with Crippen LogP contribution in [0.1, 0.15) is 341 Å². The van der Waals surface area contributed by atoms with Gasteiger partial charge in [0.15, 0.2) is 34.7 Å². The predicted octanol–water partition coefficient (Wildman–Crippen LogP) is 40.1. The number of fused-ring (bicyclic) bond motifs is 1. The number of phenolic OH excluding ortho intramolecular Hbond substituents is 1. The third-order valence-corrected chi connectivity index (χ3v) is 21.9. The maximum atomic E-state index is 11.6. The monoisotopic (exact) mass is 2240 g/mol.